The first-order valence-electron chi connectivity index (χ1n) is 9.08. The molecular formula is C21H24N2O4. The lowest BCUT2D eigenvalue weighted by atomic mass is 10.1. The molecule has 1 fully saturated rings. The number of nitrogens with zero attached hydrogens (tertiary/aromatic N) is 2. The van der Waals surface area contributed by atoms with Crippen molar-refractivity contribution in [2.45, 2.75) is 6.92 Å². The summed E-state index contributed by atoms with van der Waals surface area (Å²) in [6.07, 6.45) is 0. The van der Waals surface area contributed by atoms with Gasteiger partial charge in [-0.3, -0.25) is 9.59 Å². The van der Waals surface area contributed by atoms with Gasteiger partial charge in [-0.15, -0.1) is 0 Å². The topological polar surface area (TPSA) is 59.1 Å². The summed E-state index contributed by atoms with van der Waals surface area (Å²) < 4.78 is 10.7. The van der Waals surface area contributed by atoms with E-state index in [1.54, 1.807) is 47.2 Å². The predicted octanol–water partition coefficient (Wildman–Crippen LogP) is 2.69. The van der Waals surface area contributed by atoms with Crippen LogP contribution in [0.15, 0.2) is 48.5 Å². The molecule has 2 amide bonds. The SMILES string of the molecule is CCOc1ccccc1C(=O)N1CCN(C(=O)c2cccc(OC)c2)CC1. The molecule has 0 atom stereocenters. The maximum Gasteiger partial charge on any atom is 0.257 e. The normalized spacial score (nSPS) is 14.0. The molecule has 2 aromatic carbocycles. The average molecular weight is 368 g/mol. The van der Waals surface area contributed by atoms with Crippen LogP contribution in [0.5, 0.6) is 11.5 Å². The van der Waals surface area contributed by atoms with Crippen molar-refractivity contribution >= 4 is 11.8 Å². The zero-order chi connectivity index (χ0) is 19.2. The fourth-order valence-electron chi connectivity index (χ4n) is 3.15. The molecule has 27 heavy (non-hydrogen) atoms. The molecule has 0 spiro atoms. The Morgan fingerprint density at radius 2 is 1.59 bits per heavy atom. The minimum atomic E-state index is -0.0625. The highest BCUT2D eigenvalue weighted by atomic mass is 16.5. The Morgan fingerprint density at radius 3 is 2.26 bits per heavy atom. The van der Waals surface area contributed by atoms with Gasteiger partial charge in [0.1, 0.15) is 11.5 Å². The van der Waals surface area contributed by atoms with Gasteiger partial charge in [0.25, 0.3) is 11.8 Å². The monoisotopic (exact) mass is 368 g/mol. The number of carbonyl (C=O) groups excluding carboxylic acids is 2. The molecule has 0 saturated carbocycles. The fourth-order valence-corrected chi connectivity index (χ4v) is 3.15. The molecule has 0 aliphatic carbocycles. The van der Waals surface area contributed by atoms with Gasteiger partial charge in [0.05, 0.1) is 19.3 Å². The van der Waals surface area contributed by atoms with E-state index in [1.807, 2.05) is 25.1 Å². The van der Waals surface area contributed by atoms with Crippen molar-refractivity contribution in [1.29, 1.82) is 0 Å². The predicted molar refractivity (Wildman–Crippen MR) is 102 cm³/mol. The van der Waals surface area contributed by atoms with Gasteiger partial charge < -0.3 is 19.3 Å². The molecule has 0 aromatic heterocycles. The number of rotatable bonds is 5. The molecule has 0 radical (unpaired) electrons. The number of hydrogen-bond acceptors (Lipinski definition) is 4. The molecule has 3 rings (SSSR count). The average Bonchev–Trinajstić information content (AvgIpc) is 2.73. The third-order valence-corrected chi connectivity index (χ3v) is 4.59. The minimum Gasteiger partial charge on any atom is -0.497 e. The molecule has 1 aliphatic heterocycles. The second-order valence-electron chi connectivity index (χ2n) is 6.25. The van der Waals surface area contributed by atoms with E-state index >= 15 is 0 Å². The Morgan fingerprint density at radius 1 is 0.926 bits per heavy atom. The third kappa shape index (κ3) is 4.22. The molecular weight excluding hydrogens is 344 g/mol. The number of benzene rings is 2. The summed E-state index contributed by atoms with van der Waals surface area (Å²) in [5, 5.41) is 0. The molecule has 1 aliphatic rings. The van der Waals surface area contributed by atoms with Gasteiger partial charge in [0, 0.05) is 31.7 Å². The van der Waals surface area contributed by atoms with Crippen molar-refractivity contribution in [2.24, 2.45) is 0 Å². The highest BCUT2D eigenvalue weighted by Gasteiger charge is 2.27. The summed E-state index contributed by atoms with van der Waals surface area (Å²) in [5.74, 6) is 1.14. The maximum absolute atomic E-state index is 12.9. The van der Waals surface area contributed by atoms with Gasteiger partial charge in [-0.25, -0.2) is 0 Å². The number of carbonyl (C=O) groups is 2. The molecule has 0 N–H and O–H groups in total. The van der Waals surface area contributed by atoms with Crippen molar-refractivity contribution in [2.75, 3.05) is 39.9 Å². The van der Waals surface area contributed by atoms with Crippen molar-refractivity contribution < 1.29 is 19.1 Å². The summed E-state index contributed by atoms with van der Waals surface area (Å²) in [6.45, 7) is 4.39. The van der Waals surface area contributed by atoms with Gasteiger partial charge in [-0.2, -0.15) is 0 Å². The number of hydrogen-bond donors (Lipinski definition) is 0. The molecule has 2 aromatic rings. The molecule has 142 valence electrons. The Balaban J connectivity index is 1.65. The summed E-state index contributed by atoms with van der Waals surface area (Å²) in [4.78, 5) is 29.1. The highest BCUT2D eigenvalue weighted by molar-refractivity contribution is 5.97. The summed E-state index contributed by atoms with van der Waals surface area (Å²) in [7, 11) is 1.58. The van der Waals surface area contributed by atoms with Crippen LogP contribution in [-0.2, 0) is 0 Å². The second kappa shape index (κ2) is 8.58. The van der Waals surface area contributed by atoms with E-state index in [0.717, 1.165) is 0 Å². The first-order chi connectivity index (χ1) is 13.1. The highest BCUT2D eigenvalue weighted by Crippen LogP contribution is 2.21. The third-order valence-electron chi connectivity index (χ3n) is 4.59. The Kier molecular flexibility index (Phi) is 5.96. The van der Waals surface area contributed by atoms with Crippen LogP contribution in [0.3, 0.4) is 0 Å². The van der Waals surface area contributed by atoms with Crippen LogP contribution in [-0.4, -0.2) is 61.5 Å². The van der Waals surface area contributed by atoms with Crippen LogP contribution in [0.1, 0.15) is 27.6 Å². The van der Waals surface area contributed by atoms with E-state index in [-0.39, 0.29) is 11.8 Å². The van der Waals surface area contributed by atoms with E-state index in [4.69, 9.17) is 9.47 Å². The Bertz CT molecular complexity index is 813. The van der Waals surface area contributed by atoms with E-state index in [9.17, 15) is 9.59 Å². The number of amides is 2. The van der Waals surface area contributed by atoms with Crippen LogP contribution < -0.4 is 9.47 Å². The quantitative estimate of drug-likeness (QED) is 0.814. The van der Waals surface area contributed by atoms with Gasteiger partial charge in [0.2, 0.25) is 0 Å². The number of piperazine rings is 1. The van der Waals surface area contributed by atoms with Crippen LogP contribution in [0.4, 0.5) is 0 Å². The van der Waals surface area contributed by atoms with Crippen molar-refractivity contribution in [3.63, 3.8) is 0 Å². The van der Waals surface area contributed by atoms with Crippen molar-refractivity contribution in [3.05, 3.63) is 59.7 Å². The van der Waals surface area contributed by atoms with Crippen LogP contribution >= 0.6 is 0 Å². The molecule has 0 unspecified atom stereocenters. The number of ether oxygens (including phenoxy) is 2. The molecule has 0 bridgehead atoms. The first kappa shape index (κ1) is 18.8. The first-order valence-corrected chi connectivity index (χ1v) is 9.08. The van der Waals surface area contributed by atoms with Crippen LogP contribution in [0.2, 0.25) is 0 Å². The van der Waals surface area contributed by atoms with Gasteiger partial charge >= 0.3 is 0 Å². The molecule has 1 saturated heterocycles. The number of methoxy groups -OCH3 is 1. The summed E-state index contributed by atoms with van der Waals surface area (Å²) >= 11 is 0. The largest absolute Gasteiger partial charge is 0.497 e. The van der Waals surface area contributed by atoms with E-state index < -0.39 is 0 Å². The second-order valence-corrected chi connectivity index (χ2v) is 6.25. The van der Waals surface area contributed by atoms with Crippen molar-refractivity contribution in [1.82, 2.24) is 9.80 Å². The Labute approximate surface area is 159 Å². The summed E-state index contributed by atoms with van der Waals surface area (Å²) in [5.41, 5.74) is 1.16. The lowest BCUT2D eigenvalue weighted by Gasteiger charge is -2.35. The zero-order valence-corrected chi connectivity index (χ0v) is 15.7. The Hall–Kier alpha value is -3.02. The molecule has 6 heteroatoms. The molecule has 6 nitrogen and oxygen atoms in total. The van der Waals surface area contributed by atoms with Crippen LogP contribution in [0, 0.1) is 0 Å². The van der Waals surface area contributed by atoms with E-state index in [1.165, 1.54) is 0 Å². The van der Waals surface area contributed by atoms with Gasteiger partial charge in [0.15, 0.2) is 0 Å². The lowest BCUT2D eigenvalue weighted by Crippen LogP contribution is -2.50. The smallest absolute Gasteiger partial charge is 0.257 e. The maximum atomic E-state index is 12.9. The van der Waals surface area contributed by atoms with E-state index in [0.29, 0.717) is 55.4 Å². The fraction of sp³-hybridized carbons (Fsp3) is 0.333. The molecule has 1 heterocycles. The van der Waals surface area contributed by atoms with Gasteiger partial charge in [-0.05, 0) is 37.3 Å². The minimum absolute atomic E-state index is 0.0456. The van der Waals surface area contributed by atoms with Crippen LogP contribution in [0.25, 0.3) is 0 Å². The van der Waals surface area contributed by atoms with E-state index in [2.05, 4.69) is 0 Å². The summed E-state index contributed by atoms with van der Waals surface area (Å²) in [6, 6.07) is 14.4. The lowest BCUT2D eigenvalue weighted by molar-refractivity contribution is 0.0533. The van der Waals surface area contributed by atoms with Gasteiger partial charge in [-0.1, -0.05) is 18.2 Å². The standard InChI is InChI=1S/C21H24N2O4/c1-3-27-19-10-5-4-9-18(19)21(25)23-13-11-22(12-14-23)20(24)16-7-6-8-17(15-16)26-2/h4-10,15H,3,11-14H2,1-2H3. The number of para-hydroxylation sites is 1. The zero-order valence-electron chi connectivity index (χ0n) is 15.7. The van der Waals surface area contributed by atoms with Crippen molar-refractivity contribution in [3.8, 4) is 11.5 Å².